The summed E-state index contributed by atoms with van der Waals surface area (Å²) in [6.07, 6.45) is 10.3. The van der Waals surface area contributed by atoms with Crippen LogP contribution in [0.25, 0.3) is 0 Å². The van der Waals surface area contributed by atoms with Crippen LogP contribution in [0.3, 0.4) is 0 Å². The van der Waals surface area contributed by atoms with Gasteiger partial charge in [-0.3, -0.25) is 9.59 Å². The van der Waals surface area contributed by atoms with Gasteiger partial charge in [0.25, 0.3) is 0 Å². The number of carbonyl (C=O) groups is 2. The van der Waals surface area contributed by atoms with Crippen LogP contribution < -0.4 is 0 Å². The van der Waals surface area contributed by atoms with Gasteiger partial charge in [0.1, 0.15) is 23.4 Å². The maximum Gasteiger partial charge on any atom is 0.315 e. The lowest BCUT2D eigenvalue weighted by molar-refractivity contribution is -0.273. The van der Waals surface area contributed by atoms with Gasteiger partial charge in [-0.1, -0.05) is 49.6 Å². The lowest BCUT2D eigenvalue weighted by atomic mass is 9.66. The molecule has 178 valence electrons. The average Bonchev–Trinajstić information content (AvgIpc) is 3.06. The highest BCUT2D eigenvalue weighted by Gasteiger charge is 2.71. The van der Waals surface area contributed by atoms with Crippen LogP contribution in [0.2, 0.25) is 0 Å². The number of methoxy groups -OCH3 is 1. The van der Waals surface area contributed by atoms with Gasteiger partial charge >= 0.3 is 5.97 Å². The van der Waals surface area contributed by atoms with Crippen molar-refractivity contribution in [2.75, 3.05) is 7.11 Å². The van der Waals surface area contributed by atoms with Gasteiger partial charge in [0.05, 0.1) is 11.3 Å². The Morgan fingerprint density at radius 2 is 2.09 bits per heavy atom. The van der Waals surface area contributed by atoms with Crippen molar-refractivity contribution in [3.05, 3.63) is 58.1 Å². The SMILES string of the molecule is CCC(C)C=C(C)C=CC1=CC2=C(Cl)C(=O)C3(C)OC4(OC)CC(C)OC(=O)C4C3C2=CO1. The summed E-state index contributed by atoms with van der Waals surface area (Å²) in [5.74, 6) is -2.51. The first-order valence-corrected chi connectivity index (χ1v) is 11.8. The van der Waals surface area contributed by atoms with Gasteiger partial charge < -0.3 is 18.9 Å². The van der Waals surface area contributed by atoms with Crippen LogP contribution in [0.1, 0.15) is 47.5 Å². The third kappa shape index (κ3) is 3.82. The Hall–Kier alpha value is -2.15. The van der Waals surface area contributed by atoms with Crippen LogP contribution in [0.5, 0.6) is 0 Å². The number of fused-ring (bicyclic) bond motifs is 5. The number of Topliss-reactive ketones (excluding diaryl/α,β-unsaturated/α-hetero) is 1. The molecule has 3 heterocycles. The number of halogens is 1. The molecule has 0 bridgehead atoms. The molecule has 6 nitrogen and oxygen atoms in total. The van der Waals surface area contributed by atoms with E-state index in [1.54, 1.807) is 26.2 Å². The molecular weight excluding hydrogens is 444 g/mol. The van der Waals surface area contributed by atoms with Crippen molar-refractivity contribution in [3.63, 3.8) is 0 Å². The van der Waals surface area contributed by atoms with E-state index in [0.717, 1.165) is 12.0 Å². The second kappa shape index (κ2) is 8.57. The van der Waals surface area contributed by atoms with Gasteiger partial charge in [-0.2, -0.15) is 0 Å². The van der Waals surface area contributed by atoms with Gasteiger partial charge in [0, 0.05) is 30.6 Å². The molecule has 7 heteroatoms. The van der Waals surface area contributed by atoms with Crippen LogP contribution in [-0.4, -0.2) is 36.4 Å². The first-order valence-electron chi connectivity index (χ1n) is 11.4. The topological polar surface area (TPSA) is 71.1 Å². The summed E-state index contributed by atoms with van der Waals surface area (Å²) in [4.78, 5) is 26.5. The van der Waals surface area contributed by atoms with Crippen molar-refractivity contribution in [3.8, 4) is 0 Å². The average molecular weight is 475 g/mol. The van der Waals surface area contributed by atoms with Crippen molar-refractivity contribution in [1.82, 2.24) is 0 Å². The molecule has 0 aromatic heterocycles. The molecule has 0 amide bonds. The molecule has 4 rings (SSSR count). The highest BCUT2D eigenvalue weighted by Crippen LogP contribution is 2.60. The molecule has 0 radical (unpaired) electrons. The molecule has 0 N–H and O–H groups in total. The van der Waals surface area contributed by atoms with Crippen molar-refractivity contribution in [1.29, 1.82) is 0 Å². The molecule has 3 aliphatic heterocycles. The molecular formula is C26H31ClO6. The summed E-state index contributed by atoms with van der Waals surface area (Å²) in [6.45, 7) is 9.79. The van der Waals surface area contributed by atoms with E-state index in [9.17, 15) is 9.59 Å². The molecule has 6 unspecified atom stereocenters. The number of allylic oxidation sites excluding steroid dienone is 6. The second-order valence-electron chi connectivity index (χ2n) is 9.56. The lowest BCUT2D eigenvalue weighted by Crippen LogP contribution is -2.51. The fraction of sp³-hybridized carbons (Fsp3) is 0.538. The number of cyclic esters (lactones) is 1. The Labute approximate surface area is 199 Å². The largest absolute Gasteiger partial charge is 0.465 e. The molecule has 0 saturated carbocycles. The minimum Gasteiger partial charge on any atom is -0.465 e. The molecule has 0 aromatic rings. The number of ketones is 1. The highest BCUT2D eigenvalue weighted by atomic mass is 35.5. The number of ether oxygens (including phenoxy) is 4. The standard InChI is InChI=1S/C26H31ClO6/c1-7-14(2)10-15(3)8-9-17-11-18-19(13-31-17)20-21-24(29)32-16(4)12-26(21,30-6)33-25(20,5)23(28)22(18)27/h8-11,13-14,16,20-21H,7,12H2,1-6H3. The molecule has 0 aromatic carbocycles. The minimum atomic E-state index is -1.36. The van der Waals surface area contributed by atoms with E-state index in [2.05, 4.69) is 19.9 Å². The number of esters is 1. The maximum absolute atomic E-state index is 13.5. The van der Waals surface area contributed by atoms with E-state index >= 15 is 0 Å². The second-order valence-corrected chi connectivity index (χ2v) is 9.93. The zero-order valence-corrected chi connectivity index (χ0v) is 20.7. The summed E-state index contributed by atoms with van der Waals surface area (Å²) in [6, 6.07) is 0. The van der Waals surface area contributed by atoms with E-state index in [1.165, 1.54) is 7.11 Å². The van der Waals surface area contributed by atoms with Crippen molar-refractivity contribution >= 4 is 23.4 Å². The summed E-state index contributed by atoms with van der Waals surface area (Å²) in [5.41, 5.74) is 0.933. The predicted octanol–water partition coefficient (Wildman–Crippen LogP) is 5.11. The van der Waals surface area contributed by atoms with Crippen LogP contribution in [0, 0.1) is 17.8 Å². The molecule has 2 fully saturated rings. The Bertz CT molecular complexity index is 1030. The summed E-state index contributed by atoms with van der Waals surface area (Å²) in [7, 11) is 1.49. The minimum absolute atomic E-state index is 0.0624. The third-order valence-electron chi connectivity index (χ3n) is 7.12. The summed E-state index contributed by atoms with van der Waals surface area (Å²) >= 11 is 6.58. The van der Waals surface area contributed by atoms with E-state index in [1.807, 2.05) is 19.1 Å². The molecule has 0 spiro atoms. The normalized spacial score (nSPS) is 37.1. The molecule has 33 heavy (non-hydrogen) atoms. The van der Waals surface area contributed by atoms with E-state index < -0.39 is 35.3 Å². The van der Waals surface area contributed by atoms with Gasteiger partial charge in [0.15, 0.2) is 5.79 Å². The maximum atomic E-state index is 13.5. The first kappa shape index (κ1) is 24.0. The first-order chi connectivity index (χ1) is 15.6. The quantitative estimate of drug-likeness (QED) is 0.407. The number of rotatable bonds is 5. The lowest BCUT2D eigenvalue weighted by Gasteiger charge is -2.39. The third-order valence-corrected chi connectivity index (χ3v) is 7.49. The molecule has 2 saturated heterocycles. The fourth-order valence-corrected chi connectivity index (χ4v) is 5.67. The van der Waals surface area contributed by atoms with Crippen LogP contribution in [0.4, 0.5) is 0 Å². The highest BCUT2D eigenvalue weighted by molar-refractivity contribution is 6.45. The van der Waals surface area contributed by atoms with Gasteiger partial charge in [-0.15, -0.1) is 0 Å². The predicted molar refractivity (Wildman–Crippen MR) is 124 cm³/mol. The van der Waals surface area contributed by atoms with Gasteiger partial charge in [-0.25, -0.2) is 0 Å². The smallest absolute Gasteiger partial charge is 0.315 e. The Kier molecular flexibility index (Phi) is 6.23. The van der Waals surface area contributed by atoms with Crippen molar-refractivity contribution < 1.29 is 28.5 Å². The fourth-order valence-electron chi connectivity index (χ4n) is 5.32. The van der Waals surface area contributed by atoms with Crippen molar-refractivity contribution in [2.45, 2.75) is 65.0 Å². The molecule has 4 aliphatic rings. The Morgan fingerprint density at radius 1 is 1.36 bits per heavy atom. The zero-order valence-electron chi connectivity index (χ0n) is 19.9. The number of hydrogen-bond donors (Lipinski definition) is 0. The Morgan fingerprint density at radius 3 is 2.76 bits per heavy atom. The van der Waals surface area contributed by atoms with Crippen LogP contribution in [-0.2, 0) is 28.5 Å². The molecule has 1 aliphatic carbocycles. The van der Waals surface area contributed by atoms with Crippen molar-refractivity contribution in [2.24, 2.45) is 17.8 Å². The van der Waals surface area contributed by atoms with E-state index in [0.29, 0.717) is 29.2 Å². The number of hydrogen-bond acceptors (Lipinski definition) is 6. The summed E-state index contributed by atoms with van der Waals surface area (Å²) < 4.78 is 23.5. The van der Waals surface area contributed by atoms with E-state index in [4.69, 9.17) is 30.5 Å². The monoisotopic (exact) mass is 474 g/mol. The summed E-state index contributed by atoms with van der Waals surface area (Å²) in [5, 5.41) is 0.0624. The Balaban J connectivity index is 1.72. The zero-order chi connectivity index (χ0) is 24.1. The van der Waals surface area contributed by atoms with E-state index in [-0.39, 0.29) is 10.8 Å². The van der Waals surface area contributed by atoms with Gasteiger partial charge in [0.2, 0.25) is 5.78 Å². The number of carbonyl (C=O) groups excluding carboxylic acids is 2. The van der Waals surface area contributed by atoms with Crippen LogP contribution in [0.15, 0.2) is 58.1 Å². The van der Waals surface area contributed by atoms with Crippen LogP contribution >= 0.6 is 11.6 Å². The molecule has 6 atom stereocenters. The van der Waals surface area contributed by atoms with Gasteiger partial charge in [-0.05, 0) is 38.8 Å².